The first-order valence-corrected chi connectivity index (χ1v) is 14.7. The Labute approximate surface area is 263 Å². The highest BCUT2D eigenvalue weighted by atomic mass is 127. The molecule has 7 aromatic rings. The number of aromatic nitrogens is 3. The van der Waals surface area contributed by atoms with Crippen molar-refractivity contribution in [3.05, 3.63) is 122 Å². The van der Waals surface area contributed by atoms with Crippen molar-refractivity contribution in [3.8, 4) is 50.8 Å². The fourth-order valence-corrected chi connectivity index (χ4v) is 6.25. The number of fused-ring (bicyclic) bond motifs is 3. The van der Waals surface area contributed by atoms with Gasteiger partial charge in [0.2, 0.25) is 0 Å². The highest BCUT2D eigenvalue weighted by Crippen LogP contribution is 2.46. The van der Waals surface area contributed by atoms with E-state index in [0.29, 0.717) is 36.9 Å². The number of phenolic OH excluding ortho intramolecular Hbond substituents is 2. The summed E-state index contributed by atoms with van der Waals surface area (Å²) < 4.78 is 8.04. The van der Waals surface area contributed by atoms with Crippen LogP contribution in [0.4, 0.5) is 0 Å². The molecule has 3 aromatic heterocycles. The maximum absolute atomic E-state index is 13.8. The minimum absolute atomic E-state index is 0.0604. The van der Waals surface area contributed by atoms with E-state index in [1.807, 2.05) is 109 Å². The molecule has 0 saturated heterocycles. The number of hydrogen-bond donors (Lipinski definition) is 2. The monoisotopic (exact) mass is 697 g/mol. The topological polar surface area (TPSA) is 101 Å². The standard InChI is InChI=1S/C34H21ClIN3O4/c1-18-12-13-21-27(14-18)43-34(42)28-22(15-26(37-31(21)28)29-32(40)24(35)16-25(36)33(29)41)23-17-39(20-10-6-3-7-11-20)38-30(23)19-8-4-2-5-9-19/h2-17,40-41H,1H3. The smallest absolute Gasteiger partial charge is 0.346 e. The molecule has 0 fully saturated rings. The molecule has 0 aliphatic carbocycles. The van der Waals surface area contributed by atoms with E-state index in [4.69, 9.17) is 26.1 Å². The zero-order chi connectivity index (χ0) is 29.8. The number of benzene rings is 4. The van der Waals surface area contributed by atoms with Crippen molar-refractivity contribution in [1.29, 1.82) is 0 Å². The van der Waals surface area contributed by atoms with Crippen molar-refractivity contribution < 1.29 is 14.6 Å². The third-order valence-corrected chi connectivity index (χ3v) is 8.44. The summed E-state index contributed by atoms with van der Waals surface area (Å²) in [5.41, 5.74) is 4.79. The van der Waals surface area contributed by atoms with Crippen LogP contribution in [0.2, 0.25) is 5.02 Å². The van der Waals surface area contributed by atoms with Crippen molar-refractivity contribution in [2.75, 3.05) is 0 Å². The number of phenols is 2. The molecule has 3 heterocycles. The molecule has 9 heteroatoms. The average molecular weight is 698 g/mol. The number of rotatable bonds is 4. The largest absolute Gasteiger partial charge is 0.506 e. The van der Waals surface area contributed by atoms with E-state index in [9.17, 15) is 15.0 Å². The summed E-state index contributed by atoms with van der Waals surface area (Å²) in [6.45, 7) is 1.91. The lowest BCUT2D eigenvalue weighted by molar-refractivity contribution is 0.451. The number of aryl methyl sites for hydroxylation is 1. The average Bonchev–Trinajstić information content (AvgIpc) is 3.46. The molecule has 0 radical (unpaired) electrons. The highest BCUT2D eigenvalue weighted by molar-refractivity contribution is 14.1. The van der Waals surface area contributed by atoms with Gasteiger partial charge in [-0.05, 0) is 71.5 Å². The Morgan fingerprint density at radius 3 is 2.35 bits per heavy atom. The van der Waals surface area contributed by atoms with Gasteiger partial charge in [0.25, 0.3) is 0 Å². The Morgan fingerprint density at radius 2 is 1.60 bits per heavy atom. The van der Waals surface area contributed by atoms with Crippen LogP contribution >= 0.6 is 34.2 Å². The van der Waals surface area contributed by atoms with E-state index in [1.54, 1.807) is 16.8 Å². The minimum atomic E-state index is -0.567. The fourth-order valence-electron chi connectivity index (χ4n) is 5.28. The minimum Gasteiger partial charge on any atom is -0.506 e. The van der Waals surface area contributed by atoms with Crippen LogP contribution in [0, 0.1) is 10.5 Å². The molecule has 0 bridgehead atoms. The molecule has 7 nitrogen and oxygen atoms in total. The Bertz CT molecular complexity index is 2240. The van der Waals surface area contributed by atoms with Crippen LogP contribution in [-0.4, -0.2) is 25.0 Å². The molecule has 2 N–H and O–H groups in total. The number of para-hydroxylation sites is 1. The molecule has 0 amide bonds. The Balaban J connectivity index is 1.65. The molecule has 0 saturated carbocycles. The van der Waals surface area contributed by atoms with Crippen molar-refractivity contribution in [2.45, 2.75) is 6.92 Å². The second-order valence-electron chi connectivity index (χ2n) is 10.1. The first-order valence-electron chi connectivity index (χ1n) is 13.3. The van der Waals surface area contributed by atoms with E-state index in [-0.39, 0.29) is 33.2 Å². The molecule has 4 aromatic carbocycles. The molecule has 0 aliphatic heterocycles. The van der Waals surface area contributed by atoms with E-state index in [0.717, 1.165) is 16.8 Å². The Morgan fingerprint density at radius 1 is 0.884 bits per heavy atom. The maximum atomic E-state index is 13.8. The quantitative estimate of drug-likeness (QED) is 0.109. The van der Waals surface area contributed by atoms with Crippen molar-refractivity contribution in [2.24, 2.45) is 0 Å². The van der Waals surface area contributed by atoms with Crippen LogP contribution < -0.4 is 5.63 Å². The van der Waals surface area contributed by atoms with Gasteiger partial charge in [0.15, 0.2) is 0 Å². The summed E-state index contributed by atoms with van der Waals surface area (Å²) in [5, 5.41) is 28.0. The summed E-state index contributed by atoms with van der Waals surface area (Å²) >= 11 is 8.31. The lowest BCUT2D eigenvalue weighted by atomic mass is 9.95. The second kappa shape index (κ2) is 10.6. The number of halogens is 2. The van der Waals surface area contributed by atoms with Crippen LogP contribution in [0.3, 0.4) is 0 Å². The van der Waals surface area contributed by atoms with E-state index >= 15 is 0 Å². The predicted molar refractivity (Wildman–Crippen MR) is 177 cm³/mol. The van der Waals surface area contributed by atoms with Gasteiger partial charge in [0.05, 0.1) is 36.4 Å². The van der Waals surface area contributed by atoms with Crippen LogP contribution in [0.5, 0.6) is 11.5 Å². The fraction of sp³-hybridized carbons (Fsp3) is 0.0294. The maximum Gasteiger partial charge on any atom is 0.346 e. The van der Waals surface area contributed by atoms with Crippen LogP contribution in [0.15, 0.2) is 106 Å². The van der Waals surface area contributed by atoms with E-state index < -0.39 is 5.63 Å². The van der Waals surface area contributed by atoms with Gasteiger partial charge in [-0.1, -0.05) is 66.2 Å². The van der Waals surface area contributed by atoms with Crippen molar-refractivity contribution in [3.63, 3.8) is 0 Å². The van der Waals surface area contributed by atoms with Gasteiger partial charge in [-0.2, -0.15) is 5.10 Å². The molecular weight excluding hydrogens is 677 g/mol. The number of hydrogen-bond acceptors (Lipinski definition) is 6. The lowest BCUT2D eigenvalue weighted by Gasteiger charge is -2.14. The summed E-state index contributed by atoms with van der Waals surface area (Å²) in [7, 11) is 0. The lowest BCUT2D eigenvalue weighted by Crippen LogP contribution is -2.05. The Kier molecular flexibility index (Phi) is 6.67. The summed E-state index contributed by atoms with van der Waals surface area (Å²) in [6.07, 6.45) is 1.86. The Hall–Kier alpha value is -4.67. The van der Waals surface area contributed by atoms with Gasteiger partial charge in [-0.15, -0.1) is 0 Å². The third-order valence-electron chi connectivity index (χ3n) is 7.33. The number of nitrogens with zero attached hydrogens (tertiary/aromatic N) is 3. The van der Waals surface area contributed by atoms with Gasteiger partial charge >= 0.3 is 5.63 Å². The van der Waals surface area contributed by atoms with Gasteiger partial charge < -0.3 is 14.6 Å². The zero-order valence-electron chi connectivity index (χ0n) is 22.5. The van der Waals surface area contributed by atoms with Gasteiger partial charge in [-0.3, -0.25) is 0 Å². The molecule has 0 spiro atoms. The normalized spacial score (nSPS) is 11.4. The first-order chi connectivity index (χ1) is 20.8. The van der Waals surface area contributed by atoms with Crippen molar-refractivity contribution >= 4 is 56.1 Å². The van der Waals surface area contributed by atoms with Gasteiger partial charge in [0, 0.05) is 28.3 Å². The van der Waals surface area contributed by atoms with Crippen molar-refractivity contribution in [1.82, 2.24) is 14.8 Å². The number of pyridine rings is 1. The number of aromatic hydroxyl groups is 2. The molecule has 43 heavy (non-hydrogen) atoms. The van der Waals surface area contributed by atoms with Crippen LogP contribution in [0.1, 0.15) is 5.56 Å². The second-order valence-corrected chi connectivity index (χ2v) is 11.7. The van der Waals surface area contributed by atoms with Crippen LogP contribution in [-0.2, 0) is 0 Å². The molecule has 0 atom stereocenters. The first kappa shape index (κ1) is 27.2. The molecule has 0 unspecified atom stereocenters. The molecular formula is C34H21ClIN3O4. The molecule has 7 rings (SSSR count). The highest BCUT2D eigenvalue weighted by Gasteiger charge is 2.25. The zero-order valence-corrected chi connectivity index (χ0v) is 25.5. The van der Waals surface area contributed by atoms with E-state index in [1.165, 1.54) is 6.07 Å². The third kappa shape index (κ3) is 4.63. The summed E-state index contributed by atoms with van der Waals surface area (Å²) in [6, 6.07) is 28.0. The SMILES string of the molecule is Cc1ccc2c(c1)oc(=O)c1c(-c3cn(-c4ccccc4)nc3-c3ccccc3)cc(-c3c(O)c(Cl)cc(I)c3O)nc12. The predicted octanol–water partition coefficient (Wildman–Crippen LogP) is 8.51. The molecule has 0 aliphatic rings. The van der Waals surface area contributed by atoms with Crippen LogP contribution in [0.25, 0.3) is 61.2 Å². The summed E-state index contributed by atoms with van der Waals surface area (Å²) in [5.74, 6) is -0.490. The summed E-state index contributed by atoms with van der Waals surface area (Å²) in [4.78, 5) is 18.6. The van der Waals surface area contributed by atoms with Gasteiger partial charge in [0.1, 0.15) is 22.8 Å². The van der Waals surface area contributed by atoms with Gasteiger partial charge in [-0.25, -0.2) is 14.5 Å². The molecule has 210 valence electrons. The van der Waals surface area contributed by atoms with E-state index in [2.05, 4.69) is 0 Å².